The van der Waals surface area contributed by atoms with Gasteiger partial charge in [-0.3, -0.25) is 14.6 Å². The number of aliphatic hydroxyl groups is 1. The third kappa shape index (κ3) is 3.98. The number of pyridine rings is 1. The van der Waals surface area contributed by atoms with Crippen LogP contribution in [0.15, 0.2) is 72.4 Å². The predicted octanol–water partition coefficient (Wildman–Crippen LogP) is 4.68. The van der Waals surface area contributed by atoms with Crippen LogP contribution < -0.4 is 4.74 Å². The molecule has 0 saturated carbocycles. The van der Waals surface area contributed by atoms with Crippen LogP contribution in [0, 0.1) is 0 Å². The number of benzene rings is 2. The zero-order chi connectivity index (χ0) is 22.9. The molecule has 3 aromatic rings. The quantitative estimate of drug-likeness (QED) is 0.347. The van der Waals surface area contributed by atoms with Gasteiger partial charge in [-0.1, -0.05) is 29.8 Å². The Hall–Kier alpha value is -3.64. The van der Waals surface area contributed by atoms with Crippen molar-refractivity contribution in [3.8, 4) is 5.75 Å². The van der Waals surface area contributed by atoms with Crippen LogP contribution in [-0.2, 0) is 22.6 Å². The van der Waals surface area contributed by atoms with Crippen LogP contribution in [0.3, 0.4) is 0 Å². The average molecular weight is 461 g/mol. The normalized spacial score (nSPS) is 19.3. The van der Waals surface area contributed by atoms with E-state index in [1.807, 2.05) is 12.1 Å². The molecule has 0 aliphatic carbocycles. The van der Waals surface area contributed by atoms with Crippen molar-refractivity contribution in [3.05, 3.63) is 99.8 Å². The van der Waals surface area contributed by atoms with Gasteiger partial charge in [0, 0.05) is 16.8 Å². The Labute approximate surface area is 196 Å². The van der Waals surface area contributed by atoms with Gasteiger partial charge < -0.3 is 14.7 Å². The predicted molar refractivity (Wildman–Crippen MR) is 124 cm³/mol. The van der Waals surface area contributed by atoms with Gasteiger partial charge in [0.05, 0.1) is 30.5 Å². The van der Waals surface area contributed by atoms with Crippen molar-refractivity contribution in [2.75, 3.05) is 6.61 Å². The highest BCUT2D eigenvalue weighted by Crippen LogP contribution is 2.41. The zero-order valence-corrected chi connectivity index (χ0v) is 18.5. The number of ether oxygens (including phenoxy) is 1. The third-order valence-corrected chi connectivity index (χ3v) is 6.22. The summed E-state index contributed by atoms with van der Waals surface area (Å²) in [6, 6.07) is 16.9. The van der Waals surface area contributed by atoms with Crippen LogP contribution in [0.25, 0.3) is 5.76 Å². The maximum atomic E-state index is 13.2. The summed E-state index contributed by atoms with van der Waals surface area (Å²) >= 11 is 6.07. The Morgan fingerprint density at radius 3 is 2.70 bits per heavy atom. The first-order chi connectivity index (χ1) is 16.0. The lowest BCUT2D eigenvalue weighted by Gasteiger charge is -2.25. The Morgan fingerprint density at radius 1 is 1.12 bits per heavy atom. The number of carbonyl (C=O) groups excluding carboxylic acids is 2. The molecule has 1 aromatic heterocycles. The van der Waals surface area contributed by atoms with Gasteiger partial charge in [-0.25, -0.2) is 0 Å². The SMILES string of the molecule is O=C1C(=O)N(Cc2ccccn2)C(c2ccc(Cl)cc2)/C1=C(/O)c1ccc2c(c1)CCCO2. The lowest BCUT2D eigenvalue weighted by molar-refractivity contribution is -0.140. The van der Waals surface area contributed by atoms with Gasteiger partial charge in [0.15, 0.2) is 0 Å². The largest absolute Gasteiger partial charge is 0.507 e. The Balaban J connectivity index is 1.63. The highest BCUT2D eigenvalue weighted by atomic mass is 35.5. The number of rotatable bonds is 4. The molecule has 2 aliphatic heterocycles. The number of amides is 1. The molecule has 2 aliphatic rings. The second kappa shape index (κ2) is 8.71. The van der Waals surface area contributed by atoms with Crippen molar-refractivity contribution < 1.29 is 19.4 Å². The van der Waals surface area contributed by atoms with E-state index in [1.165, 1.54) is 4.90 Å². The van der Waals surface area contributed by atoms with E-state index in [0.29, 0.717) is 28.5 Å². The molecule has 5 rings (SSSR count). The van der Waals surface area contributed by atoms with Crippen molar-refractivity contribution in [1.82, 2.24) is 9.88 Å². The van der Waals surface area contributed by atoms with Gasteiger partial charge in [0.1, 0.15) is 11.5 Å². The molecular formula is C26H21ClN2O4. The Kier molecular flexibility index (Phi) is 5.60. The summed E-state index contributed by atoms with van der Waals surface area (Å²) in [6.45, 7) is 0.793. The second-order valence-corrected chi connectivity index (χ2v) is 8.51. The molecule has 7 heteroatoms. The molecule has 1 amide bonds. The van der Waals surface area contributed by atoms with Gasteiger partial charge in [-0.15, -0.1) is 0 Å². The van der Waals surface area contributed by atoms with Gasteiger partial charge in [-0.2, -0.15) is 0 Å². The third-order valence-electron chi connectivity index (χ3n) is 5.97. The van der Waals surface area contributed by atoms with Gasteiger partial charge in [-0.05, 0) is 66.4 Å². The number of hydrogen-bond donors (Lipinski definition) is 1. The smallest absolute Gasteiger partial charge is 0.296 e. The maximum Gasteiger partial charge on any atom is 0.296 e. The van der Waals surface area contributed by atoms with Gasteiger partial charge in [0.25, 0.3) is 11.7 Å². The number of Topliss-reactive ketones (excluding diaryl/α,β-unsaturated/α-hetero) is 1. The van der Waals surface area contributed by atoms with Crippen LogP contribution in [0.2, 0.25) is 5.02 Å². The number of nitrogens with zero attached hydrogens (tertiary/aromatic N) is 2. The highest BCUT2D eigenvalue weighted by molar-refractivity contribution is 6.46. The molecule has 6 nitrogen and oxygen atoms in total. The van der Waals surface area contributed by atoms with Gasteiger partial charge in [0.2, 0.25) is 0 Å². The first kappa shape index (κ1) is 21.2. The molecular weight excluding hydrogens is 440 g/mol. The summed E-state index contributed by atoms with van der Waals surface area (Å²) in [4.78, 5) is 32.0. The van der Waals surface area contributed by atoms with Crippen molar-refractivity contribution >= 4 is 29.1 Å². The fourth-order valence-electron chi connectivity index (χ4n) is 4.36. The number of carbonyl (C=O) groups is 2. The molecule has 1 unspecified atom stereocenters. The van der Waals surface area contributed by atoms with Gasteiger partial charge >= 0.3 is 0 Å². The summed E-state index contributed by atoms with van der Waals surface area (Å²) in [7, 11) is 0. The monoisotopic (exact) mass is 460 g/mol. The molecule has 166 valence electrons. The molecule has 3 heterocycles. The highest BCUT2D eigenvalue weighted by Gasteiger charge is 2.46. The first-order valence-electron chi connectivity index (χ1n) is 10.7. The van der Waals surface area contributed by atoms with E-state index < -0.39 is 17.7 Å². The standard InChI is InChI=1S/C26H21ClN2O4/c27-19-9-6-16(7-10-19)23-22(24(30)18-8-11-21-17(14-18)4-3-13-33-21)25(31)26(32)29(23)15-20-5-1-2-12-28-20/h1-2,5-12,14,23,30H,3-4,13,15H2/b24-22-. The van der Waals surface area contributed by atoms with E-state index in [-0.39, 0.29) is 17.9 Å². The second-order valence-electron chi connectivity index (χ2n) is 8.07. The van der Waals surface area contributed by atoms with Crippen LogP contribution in [0.4, 0.5) is 0 Å². The number of ketones is 1. The molecule has 1 saturated heterocycles. The lowest BCUT2D eigenvalue weighted by atomic mass is 9.94. The minimum absolute atomic E-state index is 0.0509. The van der Waals surface area contributed by atoms with Crippen LogP contribution in [0.5, 0.6) is 5.75 Å². The minimum Gasteiger partial charge on any atom is -0.507 e. The number of aliphatic hydroxyl groups excluding tert-OH is 1. The molecule has 1 fully saturated rings. The zero-order valence-electron chi connectivity index (χ0n) is 17.7. The number of aromatic nitrogens is 1. The van der Waals surface area contributed by atoms with E-state index in [4.69, 9.17) is 16.3 Å². The summed E-state index contributed by atoms with van der Waals surface area (Å²) in [5.41, 5.74) is 2.82. The molecule has 0 bridgehead atoms. The average Bonchev–Trinajstić information content (AvgIpc) is 3.09. The lowest BCUT2D eigenvalue weighted by Crippen LogP contribution is -2.29. The van der Waals surface area contributed by atoms with Crippen molar-refractivity contribution in [2.24, 2.45) is 0 Å². The maximum absolute atomic E-state index is 13.2. The van der Waals surface area contributed by atoms with Crippen LogP contribution >= 0.6 is 11.6 Å². The molecule has 33 heavy (non-hydrogen) atoms. The van der Waals surface area contributed by atoms with Crippen molar-refractivity contribution in [2.45, 2.75) is 25.4 Å². The minimum atomic E-state index is -0.767. The number of likely N-dealkylation sites (tertiary alicyclic amines) is 1. The number of halogens is 1. The topological polar surface area (TPSA) is 79.7 Å². The fraction of sp³-hybridized carbons (Fsp3) is 0.192. The molecule has 2 aromatic carbocycles. The number of hydrogen-bond acceptors (Lipinski definition) is 5. The van der Waals surface area contributed by atoms with Crippen molar-refractivity contribution in [1.29, 1.82) is 0 Å². The van der Waals surface area contributed by atoms with Crippen LogP contribution in [0.1, 0.15) is 34.8 Å². The van der Waals surface area contributed by atoms with E-state index >= 15 is 0 Å². The summed E-state index contributed by atoms with van der Waals surface area (Å²) in [5, 5.41) is 11.8. The molecule has 1 N–H and O–H groups in total. The Morgan fingerprint density at radius 2 is 1.94 bits per heavy atom. The first-order valence-corrected chi connectivity index (χ1v) is 11.1. The Bertz CT molecular complexity index is 1260. The molecule has 0 spiro atoms. The molecule has 1 atom stereocenters. The number of fused-ring (bicyclic) bond motifs is 1. The van der Waals surface area contributed by atoms with E-state index in [0.717, 1.165) is 24.2 Å². The van der Waals surface area contributed by atoms with Crippen molar-refractivity contribution in [3.63, 3.8) is 0 Å². The number of aryl methyl sites for hydroxylation is 1. The van der Waals surface area contributed by atoms with Crippen LogP contribution in [-0.4, -0.2) is 33.3 Å². The summed E-state index contributed by atoms with van der Waals surface area (Å²) < 4.78 is 5.66. The van der Waals surface area contributed by atoms with E-state index in [9.17, 15) is 14.7 Å². The summed E-state index contributed by atoms with van der Waals surface area (Å²) in [6.07, 6.45) is 3.35. The van der Waals surface area contributed by atoms with E-state index in [1.54, 1.807) is 54.7 Å². The fourth-order valence-corrected chi connectivity index (χ4v) is 4.49. The molecule has 0 radical (unpaired) electrons. The van der Waals surface area contributed by atoms with E-state index in [2.05, 4.69) is 4.98 Å². The summed E-state index contributed by atoms with van der Waals surface area (Å²) in [5.74, 6) is -0.825.